The van der Waals surface area contributed by atoms with Crippen LogP contribution in [0.1, 0.15) is 18.4 Å². The van der Waals surface area contributed by atoms with E-state index in [9.17, 15) is 5.11 Å². The Kier molecular flexibility index (Phi) is 4.10. The zero-order valence-electron chi connectivity index (χ0n) is 16.8. The molecule has 2 bridgehead atoms. The topological polar surface area (TPSA) is 90.0 Å². The highest BCUT2D eigenvalue weighted by Gasteiger charge is 2.34. The van der Waals surface area contributed by atoms with Crippen LogP contribution in [-0.2, 0) is 0 Å². The van der Waals surface area contributed by atoms with Gasteiger partial charge in [-0.15, -0.1) is 0 Å². The molecule has 2 aliphatic heterocycles. The van der Waals surface area contributed by atoms with E-state index in [4.69, 9.17) is 11.6 Å². The molecule has 158 valence electrons. The van der Waals surface area contributed by atoms with Gasteiger partial charge in [0.25, 0.3) is 0 Å². The van der Waals surface area contributed by atoms with E-state index in [1.807, 2.05) is 19.1 Å². The molecule has 0 saturated carbocycles. The third kappa shape index (κ3) is 2.85. The number of aromatic nitrogens is 4. The molecule has 2 aromatic heterocycles. The number of halogens is 2. The predicted octanol–water partition coefficient (Wildman–Crippen LogP) is 3.92. The summed E-state index contributed by atoms with van der Waals surface area (Å²) in [6.45, 7) is 3.40. The summed E-state index contributed by atoms with van der Waals surface area (Å²) in [5, 5.41) is 22.4. The number of nitrogens with zero attached hydrogens (tertiary/aromatic N) is 4. The van der Waals surface area contributed by atoms with Gasteiger partial charge in [-0.05, 0) is 37.5 Å². The van der Waals surface area contributed by atoms with Gasteiger partial charge in [0.1, 0.15) is 11.3 Å². The van der Waals surface area contributed by atoms with Gasteiger partial charge in [-0.3, -0.25) is 5.10 Å². The minimum Gasteiger partial charge on any atom is -0.479 e. The van der Waals surface area contributed by atoms with Crippen LogP contribution < -0.4 is 10.2 Å². The molecule has 3 N–H and O–H groups in total. The van der Waals surface area contributed by atoms with Crippen molar-refractivity contribution in [3.63, 3.8) is 0 Å². The van der Waals surface area contributed by atoms with E-state index >= 15 is 4.39 Å². The summed E-state index contributed by atoms with van der Waals surface area (Å²) in [6.07, 6.45) is 3.86. The van der Waals surface area contributed by atoms with Gasteiger partial charge in [0, 0.05) is 47.1 Å². The third-order valence-electron chi connectivity index (χ3n) is 6.45. The largest absolute Gasteiger partial charge is 0.479 e. The molecule has 2 unspecified atom stereocenters. The van der Waals surface area contributed by atoms with Gasteiger partial charge in [-0.25, -0.2) is 4.39 Å². The Labute approximate surface area is 182 Å². The zero-order valence-corrected chi connectivity index (χ0v) is 17.5. The van der Waals surface area contributed by atoms with Crippen LogP contribution in [0.5, 0.6) is 6.01 Å². The number of aryl methyl sites for hydroxylation is 1. The van der Waals surface area contributed by atoms with Crippen LogP contribution in [0.25, 0.3) is 32.9 Å². The Balaban J connectivity index is 1.59. The summed E-state index contributed by atoms with van der Waals surface area (Å²) < 4.78 is 16.0. The lowest BCUT2D eigenvalue weighted by Crippen LogP contribution is -2.51. The zero-order chi connectivity index (χ0) is 21.3. The first kappa shape index (κ1) is 18.8. The normalized spacial score (nSPS) is 20.8. The number of anilines is 1. The lowest BCUT2D eigenvalue weighted by Gasteiger charge is -2.34. The van der Waals surface area contributed by atoms with Crippen molar-refractivity contribution in [1.29, 1.82) is 0 Å². The van der Waals surface area contributed by atoms with Crippen molar-refractivity contribution in [3.05, 3.63) is 40.8 Å². The second kappa shape index (κ2) is 6.77. The van der Waals surface area contributed by atoms with Crippen LogP contribution >= 0.6 is 11.6 Å². The molecule has 9 heteroatoms. The van der Waals surface area contributed by atoms with Gasteiger partial charge in [0.15, 0.2) is 5.82 Å². The fraction of sp³-hybridized carbons (Fsp3) is 0.318. The summed E-state index contributed by atoms with van der Waals surface area (Å²) >= 11 is 6.68. The number of rotatable bonds is 2. The van der Waals surface area contributed by atoms with Gasteiger partial charge >= 0.3 is 6.01 Å². The molecular weight excluding hydrogens is 419 g/mol. The molecule has 2 saturated heterocycles. The molecule has 31 heavy (non-hydrogen) atoms. The molecule has 0 radical (unpaired) electrons. The second-order valence-electron chi connectivity index (χ2n) is 8.42. The molecule has 6 rings (SSSR count). The first-order valence-electron chi connectivity index (χ1n) is 10.3. The Hall–Kier alpha value is -2.97. The summed E-state index contributed by atoms with van der Waals surface area (Å²) in [5.74, 6) is -0.0529. The molecule has 2 aromatic carbocycles. The van der Waals surface area contributed by atoms with Gasteiger partial charge < -0.3 is 15.3 Å². The van der Waals surface area contributed by atoms with E-state index < -0.39 is 11.8 Å². The Morgan fingerprint density at radius 3 is 2.68 bits per heavy atom. The molecule has 4 heterocycles. The molecule has 2 fully saturated rings. The predicted molar refractivity (Wildman–Crippen MR) is 118 cm³/mol. The number of nitrogens with one attached hydrogen (secondary N) is 2. The Morgan fingerprint density at radius 1 is 1.13 bits per heavy atom. The lowest BCUT2D eigenvalue weighted by atomic mass is 9.95. The summed E-state index contributed by atoms with van der Waals surface area (Å²) in [4.78, 5) is 10.4. The summed E-state index contributed by atoms with van der Waals surface area (Å²) in [7, 11) is 0. The fourth-order valence-electron chi connectivity index (χ4n) is 5.07. The smallest absolute Gasteiger partial charge is 0.316 e. The van der Waals surface area contributed by atoms with E-state index in [0.717, 1.165) is 42.4 Å². The number of hydrogen-bond donors (Lipinski definition) is 3. The maximum atomic E-state index is 16.0. The molecule has 2 atom stereocenters. The number of benzene rings is 2. The standard InChI is InChI=1S/C22H20ClFN6O/c1-10-2-5-16-14(7-25-29-16)17(10)18-15(23)6-13-20(19(18)24)27-22(31)28-21(13)30-8-11-3-4-12(9-30)26-11/h2,5-7,11-12,26H,3-4,8-9H2,1H3,(H,25,29)(H,27,28,31). The van der Waals surface area contributed by atoms with Crippen molar-refractivity contribution < 1.29 is 9.50 Å². The lowest BCUT2D eigenvalue weighted by molar-refractivity contribution is 0.427. The second-order valence-corrected chi connectivity index (χ2v) is 8.83. The summed E-state index contributed by atoms with van der Waals surface area (Å²) in [6, 6.07) is 5.80. The first-order chi connectivity index (χ1) is 15.0. The van der Waals surface area contributed by atoms with Gasteiger partial charge in [0.05, 0.1) is 16.7 Å². The number of piperazine rings is 1. The average molecular weight is 439 g/mol. The van der Waals surface area contributed by atoms with Crippen molar-refractivity contribution in [1.82, 2.24) is 25.5 Å². The van der Waals surface area contributed by atoms with Crippen molar-refractivity contribution in [2.75, 3.05) is 18.0 Å². The molecule has 0 amide bonds. The highest BCUT2D eigenvalue weighted by atomic mass is 35.5. The minimum absolute atomic E-state index is 0.0627. The van der Waals surface area contributed by atoms with Crippen LogP contribution in [0.4, 0.5) is 10.2 Å². The highest BCUT2D eigenvalue weighted by Crippen LogP contribution is 2.42. The minimum atomic E-state index is -0.573. The van der Waals surface area contributed by atoms with Crippen LogP contribution in [0.3, 0.4) is 0 Å². The molecular formula is C22H20ClFN6O. The molecule has 4 aromatic rings. The highest BCUT2D eigenvalue weighted by molar-refractivity contribution is 6.35. The quantitative estimate of drug-likeness (QED) is 0.439. The van der Waals surface area contributed by atoms with Crippen molar-refractivity contribution in [2.24, 2.45) is 0 Å². The Morgan fingerprint density at radius 2 is 1.90 bits per heavy atom. The average Bonchev–Trinajstić information content (AvgIpc) is 3.35. The number of hydrogen-bond acceptors (Lipinski definition) is 6. The fourth-order valence-corrected chi connectivity index (χ4v) is 5.35. The molecule has 0 aliphatic carbocycles. The van der Waals surface area contributed by atoms with Crippen molar-refractivity contribution in [2.45, 2.75) is 31.8 Å². The van der Waals surface area contributed by atoms with Crippen molar-refractivity contribution >= 4 is 39.2 Å². The van der Waals surface area contributed by atoms with E-state index in [1.54, 1.807) is 12.3 Å². The number of fused-ring (bicyclic) bond motifs is 4. The van der Waals surface area contributed by atoms with E-state index in [-0.39, 0.29) is 16.1 Å². The van der Waals surface area contributed by atoms with E-state index in [0.29, 0.717) is 28.9 Å². The van der Waals surface area contributed by atoms with Crippen molar-refractivity contribution in [3.8, 4) is 17.1 Å². The van der Waals surface area contributed by atoms with Gasteiger partial charge in [0.2, 0.25) is 0 Å². The molecule has 7 nitrogen and oxygen atoms in total. The third-order valence-corrected chi connectivity index (χ3v) is 6.75. The SMILES string of the molecule is Cc1ccc2[nH]ncc2c1-c1c(Cl)cc2c(N3CC4CCC(C3)N4)nc(O)nc2c1F. The maximum absolute atomic E-state index is 16.0. The number of aromatic amines is 1. The monoisotopic (exact) mass is 438 g/mol. The maximum Gasteiger partial charge on any atom is 0.316 e. The van der Waals surface area contributed by atoms with E-state index in [1.165, 1.54) is 0 Å². The number of H-pyrrole nitrogens is 1. The molecule has 2 aliphatic rings. The van der Waals surface area contributed by atoms with Crippen LogP contribution in [-0.4, -0.2) is 50.4 Å². The summed E-state index contributed by atoms with van der Waals surface area (Å²) in [5.41, 5.74) is 2.64. The van der Waals surface area contributed by atoms with Crippen LogP contribution in [0.2, 0.25) is 5.02 Å². The molecule has 0 spiro atoms. The van der Waals surface area contributed by atoms with Crippen LogP contribution in [0, 0.1) is 12.7 Å². The van der Waals surface area contributed by atoms with E-state index in [2.05, 4.69) is 30.4 Å². The van der Waals surface area contributed by atoms with Crippen LogP contribution in [0.15, 0.2) is 24.4 Å². The first-order valence-corrected chi connectivity index (χ1v) is 10.7. The Bertz CT molecular complexity index is 1340. The van der Waals surface area contributed by atoms with Gasteiger partial charge in [-0.2, -0.15) is 15.1 Å². The van der Waals surface area contributed by atoms with Gasteiger partial charge in [-0.1, -0.05) is 17.7 Å². The number of aromatic hydroxyl groups is 1.